The number of anilines is 1. The van der Waals surface area contributed by atoms with Gasteiger partial charge in [0.25, 0.3) is 11.7 Å². The lowest BCUT2D eigenvalue weighted by Gasteiger charge is -2.29. The summed E-state index contributed by atoms with van der Waals surface area (Å²) in [6.07, 6.45) is 0. The van der Waals surface area contributed by atoms with E-state index >= 15 is 0 Å². The van der Waals surface area contributed by atoms with Crippen molar-refractivity contribution in [2.24, 2.45) is 5.41 Å². The summed E-state index contributed by atoms with van der Waals surface area (Å²) in [6.45, 7) is 8.57. The van der Waals surface area contributed by atoms with Crippen molar-refractivity contribution in [2.75, 3.05) is 16.8 Å². The Morgan fingerprint density at radius 1 is 1.21 bits per heavy atom. The van der Waals surface area contributed by atoms with Crippen molar-refractivity contribution >= 4 is 33.3 Å². The molecule has 0 spiro atoms. The first-order valence-electron chi connectivity index (χ1n) is 6.30. The molecule has 2 rings (SSSR count). The monoisotopic (exact) mass is 323 g/mol. The summed E-state index contributed by atoms with van der Waals surface area (Å²) < 4.78 is 0. The van der Waals surface area contributed by atoms with Crippen LogP contribution in [-0.2, 0) is 4.79 Å². The number of rotatable bonds is 3. The SMILES string of the molecule is Cc1cc(C)c2c(c1)C(=O)C(=O)N2CC(C)(C)CBr. The highest BCUT2D eigenvalue weighted by Crippen LogP contribution is 2.35. The van der Waals surface area contributed by atoms with E-state index in [2.05, 4.69) is 29.8 Å². The Labute approximate surface area is 122 Å². The van der Waals surface area contributed by atoms with Gasteiger partial charge in [-0.2, -0.15) is 0 Å². The fraction of sp³-hybridized carbons (Fsp3) is 0.467. The number of aryl methyl sites for hydroxylation is 2. The Morgan fingerprint density at radius 3 is 2.42 bits per heavy atom. The Balaban J connectivity index is 2.50. The Morgan fingerprint density at radius 2 is 1.84 bits per heavy atom. The van der Waals surface area contributed by atoms with Crippen molar-refractivity contribution in [3.05, 3.63) is 28.8 Å². The van der Waals surface area contributed by atoms with Gasteiger partial charge >= 0.3 is 0 Å². The van der Waals surface area contributed by atoms with Gasteiger partial charge in [0.05, 0.1) is 11.3 Å². The molecular formula is C15H18BrNO2. The zero-order valence-electron chi connectivity index (χ0n) is 11.7. The molecule has 4 heteroatoms. The van der Waals surface area contributed by atoms with Crippen LogP contribution in [0, 0.1) is 19.3 Å². The number of carbonyl (C=O) groups excluding carboxylic acids is 2. The Bertz CT molecular complexity index is 564. The number of halogens is 1. The van der Waals surface area contributed by atoms with Crippen LogP contribution in [0.25, 0.3) is 0 Å². The minimum atomic E-state index is -0.405. The minimum Gasteiger partial charge on any atom is -0.304 e. The zero-order valence-corrected chi connectivity index (χ0v) is 13.3. The smallest absolute Gasteiger partial charge is 0.299 e. The van der Waals surface area contributed by atoms with Crippen molar-refractivity contribution in [2.45, 2.75) is 27.7 Å². The molecule has 1 aliphatic heterocycles. The number of hydrogen-bond acceptors (Lipinski definition) is 2. The van der Waals surface area contributed by atoms with Crippen LogP contribution in [0.1, 0.15) is 35.3 Å². The van der Waals surface area contributed by atoms with E-state index in [1.807, 2.05) is 26.0 Å². The fourth-order valence-electron chi connectivity index (χ4n) is 2.45. The molecule has 0 N–H and O–H groups in total. The molecule has 1 aliphatic rings. The highest BCUT2D eigenvalue weighted by atomic mass is 79.9. The maximum absolute atomic E-state index is 12.2. The van der Waals surface area contributed by atoms with Crippen molar-refractivity contribution in [1.29, 1.82) is 0 Å². The topological polar surface area (TPSA) is 37.4 Å². The highest BCUT2D eigenvalue weighted by Gasteiger charge is 2.39. The number of hydrogen-bond donors (Lipinski definition) is 0. The summed E-state index contributed by atoms with van der Waals surface area (Å²) in [4.78, 5) is 25.9. The molecule has 0 bridgehead atoms. The average Bonchev–Trinajstić information content (AvgIpc) is 2.54. The molecule has 0 fully saturated rings. The van der Waals surface area contributed by atoms with Crippen LogP contribution in [0.15, 0.2) is 12.1 Å². The largest absolute Gasteiger partial charge is 0.304 e. The first-order chi connectivity index (χ1) is 8.76. The number of nitrogens with zero attached hydrogens (tertiary/aromatic N) is 1. The van der Waals surface area contributed by atoms with Gasteiger partial charge in [-0.1, -0.05) is 35.8 Å². The normalized spacial score (nSPS) is 15.1. The lowest BCUT2D eigenvalue weighted by atomic mass is 9.95. The predicted octanol–water partition coefficient (Wildman–Crippen LogP) is 3.25. The van der Waals surface area contributed by atoms with Crippen molar-refractivity contribution in [1.82, 2.24) is 0 Å². The van der Waals surface area contributed by atoms with Crippen LogP contribution >= 0.6 is 15.9 Å². The highest BCUT2D eigenvalue weighted by molar-refractivity contribution is 9.09. The van der Waals surface area contributed by atoms with Crippen LogP contribution < -0.4 is 4.90 Å². The molecule has 1 aromatic carbocycles. The molecule has 1 amide bonds. The van der Waals surface area contributed by atoms with Crippen LogP contribution in [-0.4, -0.2) is 23.6 Å². The molecule has 0 unspecified atom stereocenters. The molecule has 3 nitrogen and oxygen atoms in total. The third-order valence-electron chi connectivity index (χ3n) is 3.35. The van der Waals surface area contributed by atoms with Crippen molar-refractivity contribution < 1.29 is 9.59 Å². The van der Waals surface area contributed by atoms with Crippen LogP contribution in [0.3, 0.4) is 0 Å². The predicted molar refractivity (Wildman–Crippen MR) is 80.2 cm³/mol. The summed E-state index contributed by atoms with van der Waals surface area (Å²) in [5.74, 6) is -0.787. The Kier molecular flexibility index (Phi) is 3.56. The lowest BCUT2D eigenvalue weighted by Crippen LogP contribution is -2.39. The third-order valence-corrected chi connectivity index (χ3v) is 4.86. The van der Waals surface area contributed by atoms with Gasteiger partial charge in [0, 0.05) is 11.9 Å². The average molecular weight is 324 g/mol. The molecular weight excluding hydrogens is 306 g/mol. The second-order valence-electron chi connectivity index (χ2n) is 6.00. The van der Waals surface area contributed by atoms with Gasteiger partial charge in [-0.05, 0) is 36.5 Å². The van der Waals surface area contributed by atoms with Crippen molar-refractivity contribution in [3.63, 3.8) is 0 Å². The van der Waals surface area contributed by atoms with Gasteiger partial charge in [-0.3, -0.25) is 9.59 Å². The summed E-state index contributed by atoms with van der Waals surface area (Å²) in [7, 11) is 0. The van der Waals surface area contributed by atoms with E-state index in [9.17, 15) is 9.59 Å². The molecule has 1 aromatic rings. The van der Waals surface area contributed by atoms with E-state index in [1.54, 1.807) is 4.90 Å². The second-order valence-corrected chi connectivity index (χ2v) is 6.56. The first kappa shape index (κ1) is 14.3. The summed E-state index contributed by atoms with van der Waals surface area (Å²) in [5.41, 5.74) is 3.26. The van der Waals surface area contributed by atoms with E-state index in [1.165, 1.54) is 0 Å². The molecule has 0 atom stereocenters. The van der Waals surface area contributed by atoms with Gasteiger partial charge in [0.15, 0.2) is 0 Å². The number of benzene rings is 1. The minimum absolute atomic E-state index is 0.0745. The molecule has 0 saturated heterocycles. The number of alkyl halides is 1. The fourth-order valence-corrected chi connectivity index (χ4v) is 2.63. The van der Waals surface area contributed by atoms with Gasteiger partial charge in [0.1, 0.15) is 0 Å². The first-order valence-corrected chi connectivity index (χ1v) is 7.42. The van der Waals surface area contributed by atoms with Crippen LogP contribution in [0.5, 0.6) is 0 Å². The quantitative estimate of drug-likeness (QED) is 0.632. The van der Waals surface area contributed by atoms with Crippen molar-refractivity contribution in [3.8, 4) is 0 Å². The second kappa shape index (κ2) is 4.75. The summed E-state index contributed by atoms with van der Waals surface area (Å²) >= 11 is 3.46. The lowest BCUT2D eigenvalue weighted by molar-refractivity contribution is -0.114. The summed E-state index contributed by atoms with van der Waals surface area (Å²) in [5, 5.41) is 0.776. The van der Waals surface area contributed by atoms with E-state index in [0.29, 0.717) is 12.1 Å². The number of fused-ring (bicyclic) bond motifs is 1. The van der Waals surface area contributed by atoms with Gasteiger partial charge in [-0.15, -0.1) is 0 Å². The van der Waals surface area contributed by atoms with Gasteiger partial charge in [-0.25, -0.2) is 0 Å². The molecule has 0 radical (unpaired) electrons. The molecule has 0 aromatic heterocycles. The van der Waals surface area contributed by atoms with Gasteiger partial charge in [0.2, 0.25) is 0 Å². The Hall–Kier alpha value is -1.16. The molecule has 0 saturated carbocycles. The maximum Gasteiger partial charge on any atom is 0.299 e. The molecule has 19 heavy (non-hydrogen) atoms. The molecule has 102 valence electrons. The van der Waals surface area contributed by atoms with Gasteiger partial charge < -0.3 is 4.90 Å². The van der Waals surface area contributed by atoms with E-state index < -0.39 is 5.91 Å². The third kappa shape index (κ3) is 2.46. The number of amides is 1. The van der Waals surface area contributed by atoms with E-state index in [4.69, 9.17) is 0 Å². The van der Waals surface area contributed by atoms with Crippen LogP contribution in [0.2, 0.25) is 0 Å². The summed E-state index contributed by atoms with van der Waals surface area (Å²) in [6, 6.07) is 3.82. The standard InChI is InChI=1S/C15H18BrNO2/c1-9-5-10(2)12-11(6-9)13(18)14(19)17(12)8-15(3,4)7-16/h5-6H,7-8H2,1-4H3. The van der Waals surface area contributed by atoms with E-state index in [0.717, 1.165) is 22.1 Å². The zero-order chi connectivity index (χ0) is 14.4. The number of carbonyl (C=O) groups is 2. The molecule has 0 aliphatic carbocycles. The number of ketones is 1. The van der Waals surface area contributed by atoms with E-state index in [-0.39, 0.29) is 11.2 Å². The number of Topliss-reactive ketones (excluding diaryl/α,β-unsaturated/α-hetero) is 1. The molecule has 1 heterocycles. The maximum atomic E-state index is 12.2. The van der Waals surface area contributed by atoms with Crippen LogP contribution in [0.4, 0.5) is 5.69 Å².